The molecule has 10 rings (SSSR count). The zero-order chi connectivity index (χ0) is 39.6. The summed E-state index contributed by atoms with van der Waals surface area (Å²) in [6.07, 6.45) is 4.12. The zero-order valence-electron chi connectivity index (χ0n) is 33.8. The highest BCUT2D eigenvalue weighted by atomic mass is 16.5. The summed E-state index contributed by atoms with van der Waals surface area (Å²) in [7, 11) is 3.39. The number of hydrogen-bond donors (Lipinski definition) is 0. The molecule has 0 fully saturated rings. The van der Waals surface area contributed by atoms with Gasteiger partial charge in [-0.25, -0.2) is 0 Å². The van der Waals surface area contributed by atoms with Crippen LogP contribution in [-0.4, -0.2) is 14.2 Å². The third-order valence-corrected chi connectivity index (χ3v) is 12.0. The van der Waals surface area contributed by atoms with Gasteiger partial charge in [0.25, 0.3) is 0 Å². The van der Waals surface area contributed by atoms with Crippen molar-refractivity contribution in [3.63, 3.8) is 0 Å². The van der Waals surface area contributed by atoms with Crippen molar-refractivity contribution in [3.8, 4) is 78.3 Å². The Balaban J connectivity index is 0.000000150. The molecule has 0 radical (unpaired) electrons. The fourth-order valence-corrected chi connectivity index (χ4v) is 8.90. The maximum atomic E-state index is 5.27. The van der Waals surface area contributed by atoms with E-state index in [4.69, 9.17) is 9.47 Å². The molecule has 58 heavy (non-hydrogen) atoms. The van der Waals surface area contributed by atoms with E-state index in [-0.39, 0.29) is 0 Å². The summed E-state index contributed by atoms with van der Waals surface area (Å²) < 4.78 is 10.5. The fourth-order valence-electron chi connectivity index (χ4n) is 8.90. The molecule has 2 aliphatic carbocycles. The van der Waals surface area contributed by atoms with Crippen molar-refractivity contribution >= 4 is 0 Å². The minimum atomic E-state index is 0.883. The average Bonchev–Trinajstić information content (AvgIpc) is 3.85. The molecule has 2 nitrogen and oxygen atoms in total. The monoisotopic (exact) mass is 752 g/mol. The van der Waals surface area contributed by atoms with E-state index >= 15 is 0 Å². The topological polar surface area (TPSA) is 18.5 Å². The lowest BCUT2D eigenvalue weighted by Gasteiger charge is -2.10. The summed E-state index contributed by atoms with van der Waals surface area (Å²) >= 11 is 0. The van der Waals surface area contributed by atoms with Gasteiger partial charge < -0.3 is 9.47 Å². The molecule has 0 aliphatic heterocycles. The van der Waals surface area contributed by atoms with E-state index in [2.05, 4.69) is 159 Å². The van der Waals surface area contributed by atoms with Gasteiger partial charge in [-0.15, -0.1) is 0 Å². The molecular formula is C56H48O2. The smallest absolute Gasteiger partial charge is 0.118 e. The van der Waals surface area contributed by atoms with Crippen molar-refractivity contribution in [1.82, 2.24) is 0 Å². The minimum Gasteiger partial charge on any atom is -0.497 e. The van der Waals surface area contributed by atoms with Crippen molar-refractivity contribution in [2.24, 2.45) is 0 Å². The molecule has 0 amide bonds. The summed E-state index contributed by atoms with van der Waals surface area (Å²) in [6.45, 7) is 4.47. The molecule has 0 bridgehead atoms. The van der Waals surface area contributed by atoms with Gasteiger partial charge in [0, 0.05) is 0 Å². The van der Waals surface area contributed by atoms with E-state index in [0.717, 1.165) is 37.2 Å². The number of hydrogen-bond acceptors (Lipinski definition) is 2. The first-order chi connectivity index (χ1) is 28.5. The molecule has 2 heteroatoms. The summed E-state index contributed by atoms with van der Waals surface area (Å²) in [4.78, 5) is 0. The second-order valence-electron chi connectivity index (χ2n) is 15.3. The summed E-state index contributed by atoms with van der Waals surface area (Å²) in [6, 6.07) is 61.7. The van der Waals surface area contributed by atoms with Gasteiger partial charge >= 0.3 is 0 Å². The van der Waals surface area contributed by atoms with Crippen LogP contribution in [0.1, 0.15) is 47.2 Å². The molecule has 0 unspecified atom stereocenters. The van der Waals surface area contributed by atoms with Crippen LogP contribution >= 0.6 is 0 Å². The maximum absolute atomic E-state index is 5.27. The van der Waals surface area contributed by atoms with Crippen LogP contribution < -0.4 is 9.47 Å². The Morgan fingerprint density at radius 3 is 0.983 bits per heavy atom. The highest BCUT2D eigenvalue weighted by Gasteiger charge is 2.21. The first-order valence-corrected chi connectivity index (χ1v) is 20.5. The van der Waals surface area contributed by atoms with Gasteiger partial charge in [0.1, 0.15) is 11.5 Å². The molecule has 2 aliphatic rings. The van der Waals surface area contributed by atoms with Crippen molar-refractivity contribution in [2.75, 3.05) is 14.2 Å². The molecule has 0 N–H and O–H groups in total. The predicted octanol–water partition coefficient (Wildman–Crippen LogP) is 14.3. The molecule has 0 atom stereocenters. The summed E-state index contributed by atoms with van der Waals surface area (Å²) in [5, 5.41) is 0. The normalized spacial score (nSPS) is 11.8. The Morgan fingerprint density at radius 1 is 0.328 bits per heavy atom. The second kappa shape index (κ2) is 16.1. The van der Waals surface area contributed by atoms with Gasteiger partial charge in [-0.3, -0.25) is 0 Å². The van der Waals surface area contributed by atoms with Crippen LogP contribution in [0.2, 0.25) is 0 Å². The van der Waals surface area contributed by atoms with Gasteiger partial charge in [-0.1, -0.05) is 159 Å². The standard InChI is InChI=1S/C29H26.C27H22O2/c1-3-20-9-5-7-11-26(20)22-13-15-28-24(17-22)19-25-18-23(14-16-29(25)28)27-12-8-6-10-21(27)4-2;1-28-24-9-3-18(4-10-24)20-7-13-26-22(15-20)17-23-16-21(8-14-27(23)26)19-5-11-25(29-2)12-6-19/h5-18H,3-4,19H2,1-2H3;3-16H,17H2,1-2H3. The number of rotatable bonds is 8. The number of methoxy groups -OCH3 is 2. The Morgan fingerprint density at radius 2 is 0.638 bits per heavy atom. The SMILES string of the molecule is CCc1ccccc1-c1ccc2c(c1)Cc1cc(-c3ccccc3CC)ccc1-2.COc1ccc(-c2ccc3c(c2)Cc2cc(-c4ccc(OC)cc4)ccc2-3)cc1. The van der Waals surface area contributed by atoms with E-state index in [1.807, 2.05) is 24.3 Å². The van der Waals surface area contributed by atoms with Gasteiger partial charge in [0.15, 0.2) is 0 Å². The molecule has 0 saturated carbocycles. The lowest BCUT2D eigenvalue weighted by molar-refractivity contribution is 0.415. The zero-order valence-corrected chi connectivity index (χ0v) is 33.8. The van der Waals surface area contributed by atoms with Crippen LogP contribution in [0, 0.1) is 0 Å². The Hall–Kier alpha value is -6.64. The van der Waals surface area contributed by atoms with E-state index < -0.39 is 0 Å². The van der Waals surface area contributed by atoms with Crippen LogP contribution in [-0.2, 0) is 25.7 Å². The molecule has 0 heterocycles. The van der Waals surface area contributed by atoms with Crippen LogP contribution in [0.3, 0.4) is 0 Å². The van der Waals surface area contributed by atoms with Gasteiger partial charge in [-0.05, 0) is 150 Å². The van der Waals surface area contributed by atoms with Gasteiger partial charge in [0.2, 0.25) is 0 Å². The highest BCUT2D eigenvalue weighted by Crippen LogP contribution is 2.42. The summed E-state index contributed by atoms with van der Waals surface area (Å²) in [5.74, 6) is 1.77. The average molecular weight is 753 g/mol. The van der Waals surface area contributed by atoms with Crippen LogP contribution in [0.15, 0.2) is 170 Å². The molecule has 8 aromatic carbocycles. The third-order valence-electron chi connectivity index (χ3n) is 12.0. The van der Waals surface area contributed by atoms with Crippen LogP contribution in [0.4, 0.5) is 0 Å². The quantitative estimate of drug-likeness (QED) is 0.154. The Bertz CT molecular complexity index is 2560. The Labute approximate surface area is 343 Å². The van der Waals surface area contributed by atoms with E-state index in [1.165, 1.54) is 100 Å². The van der Waals surface area contributed by atoms with Crippen LogP contribution in [0.25, 0.3) is 66.8 Å². The van der Waals surface area contributed by atoms with E-state index in [1.54, 1.807) is 14.2 Å². The number of fused-ring (bicyclic) bond motifs is 6. The van der Waals surface area contributed by atoms with Crippen LogP contribution in [0.5, 0.6) is 11.5 Å². The van der Waals surface area contributed by atoms with Crippen molar-refractivity contribution in [3.05, 3.63) is 203 Å². The van der Waals surface area contributed by atoms with Crippen molar-refractivity contribution in [1.29, 1.82) is 0 Å². The molecule has 8 aromatic rings. The molecule has 0 saturated heterocycles. The lowest BCUT2D eigenvalue weighted by atomic mass is 9.94. The van der Waals surface area contributed by atoms with Gasteiger partial charge in [-0.2, -0.15) is 0 Å². The first kappa shape index (κ1) is 37.0. The Kier molecular flexibility index (Phi) is 10.2. The van der Waals surface area contributed by atoms with Crippen molar-refractivity contribution in [2.45, 2.75) is 39.5 Å². The molecule has 0 aromatic heterocycles. The fraction of sp³-hybridized carbons (Fsp3) is 0.143. The third kappa shape index (κ3) is 7.12. The summed E-state index contributed by atoms with van der Waals surface area (Å²) in [5.41, 5.74) is 24.3. The number of benzene rings is 8. The minimum absolute atomic E-state index is 0.883. The lowest BCUT2D eigenvalue weighted by Crippen LogP contribution is -1.89. The number of aryl methyl sites for hydroxylation is 2. The molecule has 0 spiro atoms. The second-order valence-corrected chi connectivity index (χ2v) is 15.3. The highest BCUT2D eigenvalue weighted by molar-refractivity contribution is 5.85. The van der Waals surface area contributed by atoms with E-state index in [0.29, 0.717) is 0 Å². The first-order valence-electron chi connectivity index (χ1n) is 20.5. The predicted molar refractivity (Wildman–Crippen MR) is 243 cm³/mol. The van der Waals surface area contributed by atoms with E-state index in [9.17, 15) is 0 Å². The largest absolute Gasteiger partial charge is 0.497 e. The maximum Gasteiger partial charge on any atom is 0.118 e. The molecular weight excluding hydrogens is 705 g/mol. The number of ether oxygens (including phenoxy) is 2. The van der Waals surface area contributed by atoms with Crippen molar-refractivity contribution < 1.29 is 9.47 Å². The van der Waals surface area contributed by atoms with Gasteiger partial charge in [0.05, 0.1) is 14.2 Å². The molecule has 284 valence electrons.